The molecule has 0 bridgehead atoms. The smallest absolute Gasteiger partial charge is 0.365 e. The molecule has 0 aliphatic rings. The standard InChI is InChI=1S/C11H14ClF3N2/c1-7(16)8-3-4-10(9(12)5-8)17(2)6-11(13,14)15/h3-5,7H,6,16H2,1-2H3/t7-/m1/s1. The molecule has 0 fully saturated rings. The van der Waals surface area contributed by atoms with Gasteiger partial charge in [-0.05, 0) is 24.6 Å². The quantitative estimate of drug-likeness (QED) is 0.909. The fourth-order valence-electron chi connectivity index (χ4n) is 1.47. The third kappa shape index (κ3) is 4.09. The molecule has 1 aromatic carbocycles. The Morgan fingerprint density at radius 1 is 1.41 bits per heavy atom. The summed E-state index contributed by atoms with van der Waals surface area (Å²) in [5.74, 6) is 0. The molecule has 96 valence electrons. The van der Waals surface area contributed by atoms with Crippen LogP contribution in [0.5, 0.6) is 0 Å². The van der Waals surface area contributed by atoms with E-state index in [0.29, 0.717) is 5.69 Å². The number of anilines is 1. The fraction of sp³-hybridized carbons (Fsp3) is 0.455. The molecule has 0 aliphatic carbocycles. The highest BCUT2D eigenvalue weighted by atomic mass is 35.5. The summed E-state index contributed by atoms with van der Waals surface area (Å²) in [7, 11) is 1.35. The molecule has 17 heavy (non-hydrogen) atoms. The van der Waals surface area contributed by atoms with E-state index >= 15 is 0 Å². The van der Waals surface area contributed by atoms with E-state index in [1.165, 1.54) is 7.05 Å². The summed E-state index contributed by atoms with van der Waals surface area (Å²) in [6.45, 7) is 0.745. The Morgan fingerprint density at radius 2 is 2.00 bits per heavy atom. The summed E-state index contributed by atoms with van der Waals surface area (Å²) in [5.41, 5.74) is 6.79. The molecule has 2 nitrogen and oxygen atoms in total. The van der Waals surface area contributed by atoms with Crippen LogP contribution in [-0.4, -0.2) is 19.8 Å². The predicted molar refractivity (Wildman–Crippen MR) is 63.4 cm³/mol. The van der Waals surface area contributed by atoms with Gasteiger partial charge in [-0.25, -0.2) is 0 Å². The van der Waals surface area contributed by atoms with Gasteiger partial charge >= 0.3 is 6.18 Å². The van der Waals surface area contributed by atoms with Crippen molar-refractivity contribution >= 4 is 17.3 Å². The lowest BCUT2D eigenvalue weighted by Gasteiger charge is -2.22. The van der Waals surface area contributed by atoms with Crippen LogP contribution in [0, 0.1) is 0 Å². The van der Waals surface area contributed by atoms with Crippen molar-refractivity contribution in [2.75, 3.05) is 18.5 Å². The maximum atomic E-state index is 12.2. The number of halogens is 4. The number of hydrogen-bond acceptors (Lipinski definition) is 2. The summed E-state index contributed by atoms with van der Waals surface area (Å²) in [6, 6.07) is 4.62. The maximum Gasteiger partial charge on any atom is 0.405 e. The first-order valence-electron chi connectivity index (χ1n) is 5.03. The Hall–Kier alpha value is -0.940. The van der Waals surface area contributed by atoms with Crippen LogP contribution in [-0.2, 0) is 0 Å². The molecular weight excluding hydrogens is 253 g/mol. The van der Waals surface area contributed by atoms with Gasteiger partial charge in [0.2, 0.25) is 0 Å². The molecule has 0 heterocycles. The van der Waals surface area contributed by atoms with Gasteiger partial charge in [-0.3, -0.25) is 0 Å². The maximum absolute atomic E-state index is 12.2. The van der Waals surface area contributed by atoms with Crippen molar-refractivity contribution in [2.24, 2.45) is 5.73 Å². The average Bonchev–Trinajstić information content (AvgIpc) is 2.14. The molecule has 0 spiro atoms. The lowest BCUT2D eigenvalue weighted by molar-refractivity contribution is -0.119. The topological polar surface area (TPSA) is 29.3 Å². The zero-order chi connectivity index (χ0) is 13.2. The fourth-order valence-corrected chi connectivity index (χ4v) is 1.80. The van der Waals surface area contributed by atoms with Gasteiger partial charge < -0.3 is 10.6 Å². The van der Waals surface area contributed by atoms with E-state index in [-0.39, 0.29) is 11.1 Å². The molecule has 0 saturated heterocycles. The van der Waals surface area contributed by atoms with Crippen LogP contribution in [0.3, 0.4) is 0 Å². The number of rotatable bonds is 3. The highest BCUT2D eigenvalue weighted by Crippen LogP contribution is 2.29. The van der Waals surface area contributed by atoms with Gasteiger partial charge in [-0.1, -0.05) is 17.7 Å². The van der Waals surface area contributed by atoms with Crippen molar-refractivity contribution in [1.29, 1.82) is 0 Å². The highest BCUT2D eigenvalue weighted by Gasteiger charge is 2.30. The summed E-state index contributed by atoms with van der Waals surface area (Å²) in [4.78, 5) is 1.06. The highest BCUT2D eigenvalue weighted by molar-refractivity contribution is 6.33. The molecule has 0 amide bonds. The summed E-state index contributed by atoms with van der Waals surface area (Å²) < 4.78 is 36.7. The van der Waals surface area contributed by atoms with E-state index in [1.807, 2.05) is 0 Å². The molecule has 0 unspecified atom stereocenters. The van der Waals surface area contributed by atoms with Gasteiger partial charge in [0.15, 0.2) is 0 Å². The Morgan fingerprint density at radius 3 is 2.41 bits per heavy atom. The second kappa shape index (κ2) is 5.14. The van der Waals surface area contributed by atoms with Gasteiger partial charge in [-0.2, -0.15) is 13.2 Å². The molecule has 0 saturated carbocycles. The Kier molecular flexibility index (Phi) is 4.27. The molecule has 0 aliphatic heterocycles. The lowest BCUT2D eigenvalue weighted by atomic mass is 10.1. The van der Waals surface area contributed by atoms with Crippen molar-refractivity contribution in [3.63, 3.8) is 0 Å². The van der Waals surface area contributed by atoms with E-state index in [4.69, 9.17) is 17.3 Å². The first-order valence-corrected chi connectivity index (χ1v) is 5.41. The van der Waals surface area contributed by atoms with Crippen molar-refractivity contribution in [2.45, 2.75) is 19.1 Å². The zero-order valence-corrected chi connectivity index (χ0v) is 10.3. The molecule has 0 radical (unpaired) electrons. The Labute approximate surface area is 103 Å². The number of nitrogens with two attached hydrogens (primary N) is 1. The van der Waals surface area contributed by atoms with Gasteiger partial charge in [-0.15, -0.1) is 0 Å². The van der Waals surface area contributed by atoms with E-state index in [2.05, 4.69) is 0 Å². The Balaban J connectivity index is 2.92. The number of nitrogens with zero attached hydrogens (tertiary/aromatic N) is 1. The minimum absolute atomic E-state index is 0.200. The molecule has 1 rings (SSSR count). The molecule has 1 aromatic rings. The van der Waals surface area contributed by atoms with E-state index in [1.54, 1.807) is 25.1 Å². The minimum atomic E-state index is -4.25. The number of benzene rings is 1. The largest absolute Gasteiger partial charge is 0.405 e. The van der Waals surface area contributed by atoms with Gasteiger partial charge in [0.25, 0.3) is 0 Å². The van der Waals surface area contributed by atoms with Gasteiger partial charge in [0, 0.05) is 13.1 Å². The normalized spacial score (nSPS) is 13.6. The molecule has 0 aromatic heterocycles. The second-order valence-corrected chi connectivity index (χ2v) is 4.38. The van der Waals surface area contributed by atoms with Crippen LogP contribution >= 0.6 is 11.6 Å². The molecular formula is C11H14ClF3N2. The van der Waals surface area contributed by atoms with Crippen molar-refractivity contribution in [1.82, 2.24) is 0 Å². The number of alkyl halides is 3. The summed E-state index contributed by atoms with van der Waals surface area (Å²) in [6.07, 6.45) is -4.25. The lowest BCUT2D eigenvalue weighted by Crippen LogP contribution is -2.31. The minimum Gasteiger partial charge on any atom is -0.365 e. The average molecular weight is 267 g/mol. The van der Waals surface area contributed by atoms with Crippen molar-refractivity contribution < 1.29 is 13.2 Å². The van der Waals surface area contributed by atoms with Gasteiger partial charge in [0.05, 0.1) is 10.7 Å². The third-order valence-electron chi connectivity index (χ3n) is 2.33. The van der Waals surface area contributed by atoms with Crippen LogP contribution in [0.1, 0.15) is 18.5 Å². The molecule has 1 atom stereocenters. The number of hydrogen-bond donors (Lipinski definition) is 1. The molecule has 2 N–H and O–H groups in total. The van der Waals surface area contributed by atoms with E-state index in [0.717, 1.165) is 10.5 Å². The first-order chi connectivity index (χ1) is 7.70. The van der Waals surface area contributed by atoms with Crippen molar-refractivity contribution in [3.05, 3.63) is 28.8 Å². The zero-order valence-electron chi connectivity index (χ0n) is 9.55. The molecule has 6 heteroatoms. The van der Waals surface area contributed by atoms with E-state index < -0.39 is 12.7 Å². The Bertz CT molecular complexity index is 391. The second-order valence-electron chi connectivity index (χ2n) is 3.97. The summed E-state index contributed by atoms with van der Waals surface area (Å²) in [5, 5.41) is 0.270. The van der Waals surface area contributed by atoms with Crippen molar-refractivity contribution in [3.8, 4) is 0 Å². The van der Waals surface area contributed by atoms with Gasteiger partial charge in [0.1, 0.15) is 6.54 Å². The van der Waals surface area contributed by atoms with Crippen LogP contribution in [0.25, 0.3) is 0 Å². The van der Waals surface area contributed by atoms with Crippen LogP contribution in [0.4, 0.5) is 18.9 Å². The van der Waals surface area contributed by atoms with Crippen LogP contribution < -0.4 is 10.6 Å². The SMILES string of the molecule is C[C@@H](N)c1ccc(N(C)CC(F)(F)F)c(Cl)c1. The summed E-state index contributed by atoms with van der Waals surface area (Å²) >= 11 is 5.93. The van der Waals surface area contributed by atoms with Crippen LogP contribution in [0.2, 0.25) is 5.02 Å². The third-order valence-corrected chi connectivity index (χ3v) is 2.63. The first kappa shape index (κ1) is 14.1. The van der Waals surface area contributed by atoms with Crippen LogP contribution in [0.15, 0.2) is 18.2 Å². The predicted octanol–water partition coefficient (Wildman–Crippen LogP) is 3.36. The monoisotopic (exact) mass is 266 g/mol. The van der Waals surface area contributed by atoms with E-state index in [9.17, 15) is 13.2 Å².